The van der Waals surface area contributed by atoms with E-state index in [-0.39, 0.29) is 6.54 Å². The molecule has 0 bridgehead atoms. The predicted octanol–water partition coefficient (Wildman–Crippen LogP) is 1.74. The van der Waals surface area contributed by atoms with Crippen molar-refractivity contribution >= 4 is 16.8 Å². The minimum absolute atomic E-state index is 0.0761. The number of rotatable bonds is 4. The average Bonchev–Trinajstić information content (AvgIpc) is 3.03. The molecular formula is C14H14N4O2. The molecule has 0 atom stereocenters. The predicted molar refractivity (Wildman–Crippen MR) is 73.8 cm³/mol. The standard InChI is InChI=1S/C14H14N4O2/c1-2-13-16-17-14(20-13)11-7-9-5-3-4-6-10(9)18(11)8-12(15)19/h3-7H,2,8H2,1H3,(H2,15,19). The van der Waals surface area contributed by atoms with Crippen LogP contribution in [0.25, 0.3) is 22.5 Å². The number of carbonyl (C=O) groups excluding carboxylic acids is 1. The van der Waals surface area contributed by atoms with Gasteiger partial charge in [-0.15, -0.1) is 10.2 Å². The zero-order chi connectivity index (χ0) is 14.1. The van der Waals surface area contributed by atoms with Gasteiger partial charge in [-0.1, -0.05) is 25.1 Å². The van der Waals surface area contributed by atoms with Gasteiger partial charge in [0.25, 0.3) is 5.89 Å². The van der Waals surface area contributed by atoms with Crippen molar-refractivity contribution in [2.75, 3.05) is 0 Å². The Kier molecular flexibility index (Phi) is 2.98. The first kappa shape index (κ1) is 12.4. The van der Waals surface area contributed by atoms with Crippen molar-refractivity contribution in [1.29, 1.82) is 0 Å². The smallest absolute Gasteiger partial charge is 0.264 e. The van der Waals surface area contributed by atoms with Gasteiger partial charge in [-0.3, -0.25) is 4.79 Å². The molecule has 2 heterocycles. The van der Waals surface area contributed by atoms with Gasteiger partial charge < -0.3 is 14.7 Å². The van der Waals surface area contributed by atoms with Crippen molar-refractivity contribution in [3.05, 3.63) is 36.2 Å². The number of carbonyl (C=O) groups is 1. The van der Waals surface area contributed by atoms with Gasteiger partial charge in [-0.2, -0.15) is 0 Å². The highest BCUT2D eigenvalue weighted by molar-refractivity contribution is 5.87. The first-order chi connectivity index (χ1) is 9.69. The van der Waals surface area contributed by atoms with Gasteiger partial charge in [0, 0.05) is 17.3 Å². The van der Waals surface area contributed by atoms with E-state index in [9.17, 15) is 4.79 Å². The van der Waals surface area contributed by atoms with E-state index >= 15 is 0 Å². The van der Waals surface area contributed by atoms with Crippen LogP contribution in [0, 0.1) is 0 Å². The summed E-state index contributed by atoms with van der Waals surface area (Å²) in [6, 6.07) is 9.67. The molecule has 2 N–H and O–H groups in total. The summed E-state index contributed by atoms with van der Waals surface area (Å²) < 4.78 is 7.37. The van der Waals surface area contributed by atoms with Crippen LogP contribution in [0.1, 0.15) is 12.8 Å². The van der Waals surface area contributed by atoms with E-state index in [4.69, 9.17) is 10.2 Å². The Morgan fingerprint density at radius 3 is 2.85 bits per heavy atom. The van der Waals surface area contributed by atoms with E-state index in [1.165, 1.54) is 0 Å². The van der Waals surface area contributed by atoms with Crippen LogP contribution in [0.15, 0.2) is 34.7 Å². The Hall–Kier alpha value is -2.63. The van der Waals surface area contributed by atoms with Crippen LogP contribution >= 0.6 is 0 Å². The number of nitrogens with zero attached hydrogens (tertiary/aromatic N) is 3. The summed E-state index contributed by atoms with van der Waals surface area (Å²) in [4.78, 5) is 11.3. The highest BCUT2D eigenvalue weighted by Gasteiger charge is 2.16. The van der Waals surface area contributed by atoms with E-state index in [1.54, 1.807) is 4.57 Å². The van der Waals surface area contributed by atoms with Crippen molar-refractivity contribution in [1.82, 2.24) is 14.8 Å². The summed E-state index contributed by atoms with van der Waals surface area (Å²) >= 11 is 0. The van der Waals surface area contributed by atoms with Crippen LogP contribution in [0.2, 0.25) is 0 Å². The zero-order valence-electron chi connectivity index (χ0n) is 11.0. The monoisotopic (exact) mass is 270 g/mol. The van der Waals surface area contributed by atoms with E-state index in [0.717, 1.165) is 10.9 Å². The Bertz CT molecular complexity index is 772. The second kappa shape index (κ2) is 4.80. The first-order valence-corrected chi connectivity index (χ1v) is 6.38. The lowest BCUT2D eigenvalue weighted by molar-refractivity contribution is -0.118. The zero-order valence-corrected chi connectivity index (χ0v) is 11.0. The average molecular weight is 270 g/mol. The van der Waals surface area contributed by atoms with E-state index < -0.39 is 5.91 Å². The molecule has 0 spiro atoms. The molecule has 3 aromatic rings. The molecule has 2 aromatic heterocycles. The summed E-state index contributed by atoms with van der Waals surface area (Å²) in [7, 11) is 0. The Morgan fingerprint density at radius 1 is 1.35 bits per heavy atom. The first-order valence-electron chi connectivity index (χ1n) is 6.38. The number of fused-ring (bicyclic) bond motifs is 1. The van der Waals surface area contributed by atoms with Crippen LogP contribution in [0.4, 0.5) is 0 Å². The van der Waals surface area contributed by atoms with Gasteiger partial charge in [0.05, 0.1) is 0 Å². The molecule has 1 aromatic carbocycles. The van der Waals surface area contributed by atoms with Crippen molar-refractivity contribution in [3.8, 4) is 11.6 Å². The van der Waals surface area contributed by atoms with Crippen molar-refractivity contribution in [3.63, 3.8) is 0 Å². The van der Waals surface area contributed by atoms with Gasteiger partial charge in [0.2, 0.25) is 11.8 Å². The van der Waals surface area contributed by atoms with Gasteiger partial charge in [0.1, 0.15) is 12.2 Å². The van der Waals surface area contributed by atoms with Crippen LogP contribution in [-0.2, 0) is 17.8 Å². The molecule has 20 heavy (non-hydrogen) atoms. The molecule has 3 rings (SSSR count). The van der Waals surface area contributed by atoms with Gasteiger partial charge in [-0.25, -0.2) is 0 Å². The van der Waals surface area contributed by atoms with Crippen LogP contribution in [0.5, 0.6) is 0 Å². The number of primary amides is 1. The quantitative estimate of drug-likeness (QED) is 0.782. The number of hydrogen-bond donors (Lipinski definition) is 1. The maximum Gasteiger partial charge on any atom is 0.264 e. The molecular weight excluding hydrogens is 256 g/mol. The fourth-order valence-electron chi connectivity index (χ4n) is 2.21. The molecule has 6 heteroatoms. The number of aryl methyl sites for hydroxylation is 1. The lowest BCUT2D eigenvalue weighted by Gasteiger charge is -2.05. The topological polar surface area (TPSA) is 86.9 Å². The Morgan fingerprint density at radius 2 is 2.15 bits per heavy atom. The van der Waals surface area contributed by atoms with Crippen LogP contribution < -0.4 is 5.73 Å². The van der Waals surface area contributed by atoms with E-state index in [1.807, 2.05) is 37.3 Å². The van der Waals surface area contributed by atoms with Crippen molar-refractivity contribution in [2.24, 2.45) is 5.73 Å². The molecule has 0 aliphatic heterocycles. The minimum Gasteiger partial charge on any atom is -0.419 e. The third-order valence-electron chi connectivity index (χ3n) is 3.11. The number of nitrogens with two attached hydrogens (primary N) is 1. The van der Waals surface area contributed by atoms with Crippen LogP contribution in [0.3, 0.4) is 0 Å². The highest BCUT2D eigenvalue weighted by atomic mass is 16.4. The lowest BCUT2D eigenvalue weighted by atomic mass is 10.2. The fourth-order valence-corrected chi connectivity index (χ4v) is 2.21. The second-order valence-corrected chi connectivity index (χ2v) is 4.50. The molecule has 102 valence electrons. The van der Waals surface area contributed by atoms with Gasteiger partial charge in [0.15, 0.2) is 0 Å². The summed E-state index contributed by atoms with van der Waals surface area (Å²) in [6.07, 6.45) is 0.670. The molecule has 0 saturated carbocycles. The van der Waals surface area contributed by atoms with Crippen molar-refractivity contribution < 1.29 is 9.21 Å². The van der Waals surface area contributed by atoms with Crippen molar-refractivity contribution in [2.45, 2.75) is 19.9 Å². The number of aromatic nitrogens is 3. The summed E-state index contributed by atoms with van der Waals surface area (Å²) in [5, 5.41) is 8.99. The molecule has 0 fully saturated rings. The Labute approximate surface area is 115 Å². The third-order valence-corrected chi connectivity index (χ3v) is 3.11. The van der Waals surface area contributed by atoms with Gasteiger partial charge >= 0.3 is 0 Å². The van der Waals surface area contributed by atoms with E-state index in [0.29, 0.717) is 23.9 Å². The molecule has 6 nitrogen and oxygen atoms in total. The molecule has 0 radical (unpaired) electrons. The highest BCUT2D eigenvalue weighted by Crippen LogP contribution is 2.27. The molecule has 0 saturated heterocycles. The number of benzene rings is 1. The maximum atomic E-state index is 11.3. The molecule has 1 amide bonds. The molecule has 0 aliphatic carbocycles. The summed E-state index contributed by atoms with van der Waals surface area (Å²) in [5.41, 5.74) is 6.95. The fraction of sp³-hybridized carbons (Fsp3) is 0.214. The number of para-hydroxylation sites is 1. The number of amides is 1. The largest absolute Gasteiger partial charge is 0.419 e. The second-order valence-electron chi connectivity index (χ2n) is 4.50. The van der Waals surface area contributed by atoms with Gasteiger partial charge in [-0.05, 0) is 12.1 Å². The lowest BCUT2D eigenvalue weighted by Crippen LogP contribution is -2.19. The molecule has 0 aliphatic rings. The number of hydrogen-bond acceptors (Lipinski definition) is 4. The Balaban J connectivity index is 2.20. The SMILES string of the molecule is CCc1nnc(-c2cc3ccccc3n2CC(N)=O)o1. The maximum absolute atomic E-state index is 11.3. The minimum atomic E-state index is -0.414. The summed E-state index contributed by atoms with van der Waals surface area (Å²) in [5.74, 6) is 0.554. The summed E-state index contributed by atoms with van der Waals surface area (Å²) in [6.45, 7) is 2.02. The third kappa shape index (κ3) is 2.05. The molecule has 0 unspecified atom stereocenters. The normalized spacial score (nSPS) is 11.1. The van der Waals surface area contributed by atoms with Crippen LogP contribution in [-0.4, -0.2) is 20.7 Å². The van der Waals surface area contributed by atoms with E-state index in [2.05, 4.69) is 10.2 Å².